The number of ether oxygens (including phenoxy) is 1. The molecule has 1 aromatic heterocycles. The van der Waals surface area contributed by atoms with Gasteiger partial charge in [-0.3, -0.25) is 0 Å². The van der Waals surface area contributed by atoms with Crippen molar-refractivity contribution in [2.75, 3.05) is 0 Å². The van der Waals surface area contributed by atoms with Crippen molar-refractivity contribution in [2.24, 2.45) is 5.73 Å². The van der Waals surface area contributed by atoms with E-state index in [1.54, 1.807) is 6.26 Å². The molecule has 0 unspecified atom stereocenters. The molecule has 84 valence electrons. The normalized spacial score (nSPS) is 10.4. The average Bonchev–Trinajstić information content (AvgIpc) is 2.76. The van der Waals surface area contributed by atoms with E-state index >= 15 is 0 Å². The molecule has 2 aromatic rings. The maximum atomic E-state index is 5.55. The van der Waals surface area contributed by atoms with Crippen LogP contribution in [0.5, 0.6) is 5.75 Å². The number of rotatable bonds is 4. The summed E-state index contributed by atoms with van der Waals surface area (Å²) in [5.74, 6) is 1.59. The SMILES string of the molecule is NCc1coc(COc2ccc(Br)cc2)c1. The smallest absolute Gasteiger partial charge is 0.146 e. The van der Waals surface area contributed by atoms with Gasteiger partial charge >= 0.3 is 0 Å². The molecule has 0 spiro atoms. The predicted octanol–water partition coefficient (Wildman–Crippen LogP) is 3.08. The highest BCUT2D eigenvalue weighted by Gasteiger charge is 2.01. The maximum Gasteiger partial charge on any atom is 0.146 e. The van der Waals surface area contributed by atoms with E-state index in [4.69, 9.17) is 14.9 Å². The quantitative estimate of drug-likeness (QED) is 0.937. The van der Waals surface area contributed by atoms with Crippen LogP contribution < -0.4 is 10.5 Å². The fourth-order valence-electron chi connectivity index (χ4n) is 1.29. The summed E-state index contributed by atoms with van der Waals surface area (Å²) in [5.41, 5.74) is 6.46. The van der Waals surface area contributed by atoms with Crippen molar-refractivity contribution in [1.29, 1.82) is 0 Å². The van der Waals surface area contributed by atoms with Crippen molar-refractivity contribution in [2.45, 2.75) is 13.2 Å². The van der Waals surface area contributed by atoms with Gasteiger partial charge in [0.25, 0.3) is 0 Å². The van der Waals surface area contributed by atoms with Gasteiger partial charge in [0.2, 0.25) is 0 Å². The Labute approximate surface area is 102 Å². The Morgan fingerprint density at radius 1 is 1.25 bits per heavy atom. The lowest BCUT2D eigenvalue weighted by Crippen LogP contribution is -1.95. The van der Waals surface area contributed by atoms with Crippen molar-refractivity contribution in [3.05, 3.63) is 52.4 Å². The minimum absolute atomic E-state index is 0.418. The van der Waals surface area contributed by atoms with Gasteiger partial charge in [-0.25, -0.2) is 0 Å². The Hall–Kier alpha value is -1.26. The van der Waals surface area contributed by atoms with Gasteiger partial charge in [0.05, 0.1) is 6.26 Å². The van der Waals surface area contributed by atoms with E-state index in [1.807, 2.05) is 30.3 Å². The molecule has 3 nitrogen and oxygen atoms in total. The summed E-state index contributed by atoms with van der Waals surface area (Å²) in [6.45, 7) is 0.906. The Kier molecular flexibility index (Phi) is 3.64. The molecular formula is C12H12BrNO2. The van der Waals surface area contributed by atoms with Crippen molar-refractivity contribution in [1.82, 2.24) is 0 Å². The summed E-state index contributed by atoms with van der Waals surface area (Å²) >= 11 is 3.37. The third-order valence-corrected chi connectivity index (χ3v) is 2.67. The van der Waals surface area contributed by atoms with Gasteiger partial charge in [-0.15, -0.1) is 0 Å². The van der Waals surface area contributed by atoms with Gasteiger partial charge in [-0.05, 0) is 30.3 Å². The summed E-state index contributed by atoms with van der Waals surface area (Å²) in [5, 5.41) is 0. The predicted molar refractivity (Wildman–Crippen MR) is 65.1 cm³/mol. The first-order chi connectivity index (χ1) is 7.78. The number of hydrogen-bond donors (Lipinski definition) is 1. The van der Waals surface area contributed by atoms with E-state index in [9.17, 15) is 0 Å². The molecule has 0 aliphatic carbocycles. The van der Waals surface area contributed by atoms with Gasteiger partial charge in [0, 0.05) is 16.6 Å². The van der Waals surface area contributed by atoms with E-state index < -0.39 is 0 Å². The monoisotopic (exact) mass is 281 g/mol. The zero-order valence-corrected chi connectivity index (χ0v) is 10.2. The lowest BCUT2D eigenvalue weighted by atomic mass is 10.3. The molecule has 0 radical (unpaired) electrons. The zero-order valence-electron chi connectivity index (χ0n) is 8.65. The fourth-order valence-corrected chi connectivity index (χ4v) is 1.56. The molecule has 0 fully saturated rings. The van der Waals surface area contributed by atoms with E-state index in [-0.39, 0.29) is 0 Å². The second kappa shape index (κ2) is 5.18. The largest absolute Gasteiger partial charge is 0.486 e. The summed E-state index contributed by atoms with van der Waals surface area (Å²) < 4.78 is 11.9. The Balaban J connectivity index is 1.94. The molecule has 0 saturated heterocycles. The molecule has 2 N–H and O–H groups in total. The van der Waals surface area contributed by atoms with Crippen LogP contribution >= 0.6 is 15.9 Å². The second-order valence-electron chi connectivity index (χ2n) is 3.37. The zero-order chi connectivity index (χ0) is 11.4. The summed E-state index contributed by atoms with van der Waals surface area (Å²) in [6, 6.07) is 9.57. The van der Waals surface area contributed by atoms with Crippen LogP contribution in [-0.4, -0.2) is 0 Å². The molecule has 0 bridgehead atoms. The van der Waals surface area contributed by atoms with Crippen LogP contribution in [0.4, 0.5) is 0 Å². The van der Waals surface area contributed by atoms with Gasteiger partial charge in [0.1, 0.15) is 18.1 Å². The third kappa shape index (κ3) is 2.87. The summed E-state index contributed by atoms with van der Waals surface area (Å²) in [4.78, 5) is 0. The van der Waals surface area contributed by atoms with Crippen molar-refractivity contribution in [3.8, 4) is 5.75 Å². The van der Waals surface area contributed by atoms with Crippen LogP contribution in [0.25, 0.3) is 0 Å². The lowest BCUT2D eigenvalue weighted by molar-refractivity contribution is 0.270. The maximum absolute atomic E-state index is 5.55. The van der Waals surface area contributed by atoms with Gasteiger partial charge in [-0.2, -0.15) is 0 Å². The molecule has 0 aliphatic rings. The van der Waals surface area contributed by atoms with Crippen LogP contribution in [0.2, 0.25) is 0 Å². The fraction of sp³-hybridized carbons (Fsp3) is 0.167. The van der Waals surface area contributed by atoms with Gasteiger partial charge in [-0.1, -0.05) is 15.9 Å². The molecular weight excluding hydrogens is 270 g/mol. The van der Waals surface area contributed by atoms with Crippen LogP contribution in [0.15, 0.2) is 45.5 Å². The second-order valence-corrected chi connectivity index (χ2v) is 4.28. The third-order valence-electron chi connectivity index (χ3n) is 2.14. The van der Waals surface area contributed by atoms with Crippen LogP contribution in [0.3, 0.4) is 0 Å². The topological polar surface area (TPSA) is 48.4 Å². The summed E-state index contributed by atoms with van der Waals surface area (Å²) in [7, 11) is 0. The van der Waals surface area contributed by atoms with Crippen LogP contribution in [0, 0.1) is 0 Å². The van der Waals surface area contributed by atoms with Crippen molar-refractivity contribution < 1.29 is 9.15 Å². The molecule has 0 saturated carbocycles. The minimum Gasteiger partial charge on any atom is -0.486 e. The van der Waals surface area contributed by atoms with Gasteiger partial charge < -0.3 is 14.9 Å². The lowest BCUT2D eigenvalue weighted by Gasteiger charge is -2.03. The number of benzene rings is 1. The number of furan rings is 1. The highest BCUT2D eigenvalue weighted by molar-refractivity contribution is 9.10. The first-order valence-corrected chi connectivity index (χ1v) is 5.72. The molecule has 16 heavy (non-hydrogen) atoms. The van der Waals surface area contributed by atoms with Crippen LogP contribution in [-0.2, 0) is 13.2 Å². The number of hydrogen-bond acceptors (Lipinski definition) is 3. The molecule has 1 aromatic carbocycles. The van der Waals surface area contributed by atoms with Crippen molar-refractivity contribution >= 4 is 15.9 Å². The highest BCUT2D eigenvalue weighted by atomic mass is 79.9. The van der Waals surface area contributed by atoms with E-state index in [1.165, 1.54) is 0 Å². The minimum atomic E-state index is 0.418. The molecule has 4 heteroatoms. The van der Waals surface area contributed by atoms with Crippen molar-refractivity contribution in [3.63, 3.8) is 0 Å². The first-order valence-electron chi connectivity index (χ1n) is 4.92. The average molecular weight is 282 g/mol. The standard InChI is InChI=1S/C12H12BrNO2/c13-10-1-3-11(4-2-10)16-8-12-5-9(6-14)7-15-12/h1-5,7H,6,8,14H2. The van der Waals surface area contributed by atoms with Crippen LogP contribution in [0.1, 0.15) is 11.3 Å². The molecule has 2 rings (SSSR count). The molecule has 1 heterocycles. The summed E-state index contributed by atoms with van der Waals surface area (Å²) in [6.07, 6.45) is 1.65. The van der Waals surface area contributed by atoms with E-state index in [0.29, 0.717) is 13.2 Å². The molecule has 0 aliphatic heterocycles. The van der Waals surface area contributed by atoms with E-state index in [2.05, 4.69) is 15.9 Å². The highest BCUT2D eigenvalue weighted by Crippen LogP contribution is 2.17. The van der Waals surface area contributed by atoms with E-state index in [0.717, 1.165) is 21.5 Å². The van der Waals surface area contributed by atoms with Gasteiger partial charge in [0.15, 0.2) is 0 Å². The molecule has 0 amide bonds. The number of nitrogens with two attached hydrogens (primary N) is 1. The Bertz CT molecular complexity index is 450. The Morgan fingerprint density at radius 3 is 2.62 bits per heavy atom. The first kappa shape index (κ1) is 11.2. The Morgan fingerprint density at radius 2 is 2.00 bits per heavy atom. The molecule has 0 atom stereocenters. The number of halogens is 1.